The van der Waals surface area contributed by atoms with Gasteiger partial charge in [0.15, 0.2) is 0 Å². The summed E-state index contributed by atoms with van der Waals surface area (Å²) < 4.78 is 18.2. The molecule has 0 unspecified atom stereocenters. The summed E-state index contributed by atoms with van der Waals surface area (Å²) in [6, 6.07) is 3.73. The number of imidazole rings is 1. The second kappa shape index (κ2) is 6.91. The van der Waals surface area contributed by atoms with Crippen LogP contribution in [0.25, 0.3) is 11.3 Å². The average Bonchev–Trinajstić information content (AvgIpc) is 2.92. The maximum absolute atomic E-state index is 13.3. The molecule has 0 amide bonds. The van der Waals surface area contributed by atoms with Crippen LogP contribution in [0.15, 0.2) is 24.4 Å². The predicted octanol–water partition coefficient (Wildman–Crippen LogP) is 1.86. The first-order valence-corrected chi connectivity index (χ1v) is 6.29. The Balaban J connectivity index is 2.10. The summed E-state index contributed by atoms with van der Waals surface area (Å²) in [4.78, 5) is 17.2. The monoisotopic (exact) mass is 294 g/mol. The number of nitro groups is 1. The molecule has 0 bridgehead atoms. The van der Waals surface area contributed by atoms with Crippen molar-refractivity contribution in [2.24, 2.45) is 0 Å². The zero-order valence-corrected chi connectivity index (χ0v) is 11.4. The molecule has 112 valence electrons. The number of nitrogens with zero attached hydrogens (tertiary/aromatic N) is 2. The van der Waals surface area contributed by atoms with Crippen molar-refractivity contribution in [2.45, 2.75) is 6.54 Å². The van der Waals surface area contributed by atoms with Crippen LogP contribution in [-0.2, 0) is 11.3 Å². The maximum Gasteiger partial charge on any atom is 0.305 e. The number of rotatable bonds is 7. The number of halogens is 1. The number of nitro benzene ring substituents is 1. The Kier molecular flexibility index (Phi) is 4.96. The Morgan fingerprint density at radius 2 is 2.33 bits per heavy atom. The summed E-state index contributed by atoms with van der Waals surface area (Å²) in [5.74, 6) is -0.169. The summed E-state index contributed by atoms with van der Waals surface area (Å²) >= 11 is 0. The molecular weight excluding hydrogens is 279 g/mol. The van der Waals surface area contributed by atoms with Gasteiger partial charge < -0.3 is 15.0 Å². The van der Waals surface area contributed by atoms with E-state index < -0.39 is 16.4 Å². The number of methoxy groups -OCH3 is 1. The van der Waals surface area contributed by atoms with Gasteiger partial charge in [-0.25, -0.2) is 4.98 Å². The van der Waals surface area contributed by atoms with Crippen LogP contribution in [0.1, 0.15) is 5.82 Å². The number of hydrogen-bond donors (Lipinski definition) is 2. The molecule has 1 aromatic heterocycles. The first-order chi connectivity index (χ1) is 10.1. The van der Waals surface area contributed by atoms with Crippen LogP contribution >= 0.6 is 0 Å². The van der Waals surface area contributed by atoms with Crippen LogP contribution in [0.5, 0.6) is 0 Å². The van der Waals surface area contributed by atoms with Gasteiger partial charge >= 0.3 is 5.69 Å². The fourth-order valence-electron chi connectivity index (χ4n) is 1.80. The zero-order valence-electron chi connectivity index (χ0n) is 11.4. The van der Waals surface area contributed by atoms with Crippen molar-refractivity contribution in [3.63, 3.8) is 0 Å². The minimum absolute atomic E-state index is 0.513. The van der Waals surface area contributed by atoms with Crippen LogP contribution in [0.4, 0.5) is 10.1 Å². The van der Waals surface area contributed by atoms with E-state index in [1.165, 1.54) is 12.1 Å². The molecule has 2 N–H and O–H groups in total. The van der Waals surface area contributed by atoms with Crippen LogP contribution in [0.2, 0.25) is 0 Å². The van der Waals surface area contributed by atoms with E-state index in [-0.39, 0.29) is 0 Å². The largest absolute Gasteiger partial charge is 0.383 e. The highest BCUT2D eigenvalue weighted by Crippen LogP contribution is 2.25. The molecule has 1 heterocycles. The van der Waals surface area contributed by atoms with E-state index in [1.54, 1.807) is 13.3 Å². The lowest BCUT2D eigenvalue weighted by molar-refractivity contribution is -0.387. The van der Waals surface area contributed by atoms with Crippen LogP contribution in [0.3, 0.4) is 0 Å². The van der Waals surface area contributed by atoms with Crippen molar-refractivity contribution < 1.29 is 14.1 Å². The van der Waals surface area contributed by atoms with E-state index >= 15 is 0 Å². The molecule has 7 nitrogen and oxygen atoms in total. The van der Waals surface area contributed by atoms with Crippen LogP contribution < -0.4 is 5.32 Å². The van der Waals surface area contributed by atoms with E-state index in [4.69, 9.17) is 4.74 Å². The van der Waals surface area contributed by atoms with Crippen molar-refractivity contribution >= 4 is 5.69 Å². The number of aromatic amines is 1. The van der Waals surface area contributed by atoms with Crippen molar-refractivity contribution in [1.82, 2.24) is 15.3 Å². The summed E-state index contributed by atoms with van der Waals surface area (Å²) in [5.41, 5.74) is 0.558. The first-order valence-electron chi connectivity index (χ1n) is 6.29. The average molecular weight is 294 g/mol. The number of nitrogens with one attached hydrogen (secondary N) is 2. The second-order valence-corrected chi connectivity index (χ2v) is 4.34. The minimum Gasteiger partial charge on any atom is -0.383 e. The van der Waals surface area contributed by atoms with E-state index in [0.717, 1.165) is 6.07 Å². The quantitative estimate of drug-likeness (QED) is 0.462. The lowest BCUT2D eigenvalue weighted by atomic mass is 10.1. The summed E-state index contributed by atoms with van der Waals surface area (Å²) in [6.07, 6.45) is 1.56. The van der Waals surface area contributed by atoms with Gasteiger partial charge in [-0.15, -0.1) is 0 Å². The standard InChI is InChI=1S/C13H15FN4O3/c1-21-5-4-15-8-13-16-7-11(17-13)9-2-3-10(14)12(6-9)18(19)20/h2-3,6-7,15H,4-5,8H2,1H3,(H,16,17). The highest BCUT2D eigenvalue weighted by Gasteiger charge is 2.15. The molecule has 0 aliphatic rings. The molecule has 1 aromatic carbocycles. The Labute approximate surface area is 120 Å². The van der Waals surface area contributed by atoms with Crippen LogP contribution in [0, 0.1) is 15.9 Å². The molecule has 2 aromatic rings. The molecule has 0 radical (unpaired) electrons. The van der Waals surface area contributed by atoms with Gasteiger partial charge in [0, 0.05) is 25.3 Å². The molecular formula is C13H15FN4O3. The van der Waals surface area contributed by atoms with Gasteiger partial charge in [-0.05, 0) is 12.1 Å². The fourth-order valence-corrected chi connectivity index (χ4v) is 1.80. The van der Waals surface area contributed by atoms with Gasteiger partial charge in [-0.1, -0.05) is 0 Å². The van der Waals surface area contributed by atoms with Gasteiger partial charge in [0.05, 0.1) is 30.0 Å². The number of hydrogen-bond acceptors (Lipinski definition) is 5. The Bertz CT molecular complexity index is 630. The van der Waals surface area contributed by atoms with Crippen molar-refractivity contribution in [3.8, 4) is 11.3 Å². The summed E-state index contributed by atoms with van der Waals surface area (Å²) in [7, 11) is 1.62. The van der Waals surface area contributed by atoms with E-state index in [2.05, 4.69) is 15.3 Å². The molecule has 2 rings (SSSR count). The molecule has 0 saturated carbocycles. The lowest BCUT2D eigenvalue weighted by Crippen LogP contribution is -2.19. The maximum atomic E-state index is 13.3. The highest BCUT2D eigenvalue weighted by molar-refractivity contribution is 5.62. The molecule has 0 atom stereocenters. The molecule has 0 aliphatic heterocycles. The summed E-state index contributed by atoms with van der Waals surface area (Å²) in [5, 5.41) is 13.9. The van der Waals surface area contributed by atoms with E-state index in [0.29, 0.717) is 36.8 Å². The Morgan fingerprint density at radius 3 is 3.05 bits per heavy atom. The van der Waals surface area contributed by atoms with E-state index in [9.17, 15) is 14.5 Å². The van der Waals surface area contributed by atoms with Gasteiger partial charge in [-0.2, -0.15) is 4.39 Å². The predicted molar refractivity (Wildman–Crippen MR) is 74.2 cm³/mol. The lowest BCUT2D eigenvalue weighted by Gasteiger charge is -2.01. The number of H-pyrrole nitrogens is 1. The van der Waals surface area contributed by atoms with Gasteiger partial charge in [0.25, 0.3) is 0 Å². The third-order valence-corrected chi connectivity index (χ3v) is 2.86. The van der Waals surface area contributed by atoms with Gasteiger partial charge in [0.1, 0.15) is 5.82 Å². The summed E-state index contributed by atoms with van der Waals surface area (Å²) in [6.45, 7) is 1.80. The smallest absolute Gasteiger partial charge is 0.305 e. The highest BCUT2D eigenvalue weighted by atomic mass is 19.1. The second-order valence-electron chi connectivity index (χ2n) is 4.34. The van der Waals surface area contributed by atoms with Gasteiger partial charge in [0.2, 0.25) is 5.82 Å². The van der Waals surface area contributed by atoms with Crippen molar-refractivity contribution in [3.05, 3.63) is 46.2 Å². The van der Waals surface area contributed by atoms with Gasteiger partial charge in [-0.3, -0.25) is 10.1 Å². The molecule has 0 spiro atoms. The first kappa shape index (κ1) is 15.1. The third-order valence-electron chi connectivity index (χ3n) is 2.86. The SMILES string of the molecule is COCCNCc1ncc(-c2ccc(F)c([N+](=O)[O-])c2)[nH]1. The zero-order chi connectivity index (χ0) is 15.2. The van der Waals surface area contributed by atoms with Crippen molar-refractivity contribution in [1.29, 1.82) is 0 Å². The Morgan fingerprint density at radius 1 is 1.52 bits per heavy atom. The molecule has 0 aliphatic carbocycles. The molecule has 8 heteroatoms. The number of ether oxygens (including phenoxy) is 1. The Hall–Kier alpha value is -2.32. The third kappa shape index (κ3) is 3.83. The molecule has 21 heavy (non-hydrogen) atoms. The van der Waals surface area contributed by atoms with Crippen LogP contribution in [-0.4, -0.2) is 35.2 Å². The topological polar surface area (TPSA) is 93.1 Å². The fraction of sp³-hybridized carbons (Fsp3) is 0.308. The minimum atomic E-state index is -0.857. The van der Waals surface area contributed by atoms with E-state index in [1.807, 2.05) is 0 Å². The number of aromatic nitrogens is 2. The van der Waals surface area contributed by atoms with Crippen molar-refractivity contribution in [2.75, 3.05) is 20.3 Å². The normalized spacial score (nSPS) is 10.8. The molecule has 0 saturated heterocycles. The number of benzene rings is 1. The molecule has 0 fully saturated rings.